The lowest BCUT2D eigenvalue weighted by molar-refractivity contribution is -0.137. The number of aliphatic imine (C=N–C) groups is 1. The van der Waals surface area contributed by atoms with Crippen molar-refractivity contribution in [2.24, 2.45) is 10.9 Å². The number of nitrogens with one attached hydrogen (secondary N) is 2. The SMILES string of the molecule is Cc1ccc(C(=O)Nc2cccc(C(F)(F)F)c2)cc1Cc1ccc2c(c1)CN=C2NC(=O)C1CC1. The Morgan fingerprint density at radius 3 is 2.56 bits per heavy atom. The molecule has 184 valence electrons. The molecule has 1 aliphatic carbocycles. The van der Waals surface area contributed by atoms with Crippen LogP contribution in [0, 0.1) is 12.8 Å². The topological polar surface area (TPSA) is 70.6 Å². The number of hydrogen-bond acceptors (Lipinski definition) is 3. The van der Waals surface area contributed by atoms with E-state index >= 15 is 0 Å². The number of aryl methyl sites for hydroxylation is 1. The van der Waals surface area contributed by atoms with Gasteiger partial charge in [-0.1, -0.05) is 30.3 Å². The summed E-state index contributed by atoms with van der Waals surface area (Å²) >= 11 is 0. The van der Waals surface area contributed by atoms with Crippen LogP contribution in [0.2, 0.25) is 0 Å². The number of fused-ring (bicyclic) bond motifs is 1. The highest BCUT2D eigenvalue weighted by Crippen LogP contribution is 2.31. The van der Waals surface area contributed by atoms with Crippen LogP contribution >= 0.6 is 0 Å². The van der Waals surface area contributed by atoms with Crippen LogP contribution in [0.15, 0.2) is 65.7 Å². The Bertz CT molecular complexity index is 1390. The molecule has 5 rings (SSSR count). The minimum Gasteiger partial charge on any atom is -0.322 e. The number of amides is 2. The summed E-state index contributed by atoms with van der Waals surface area (Å²) in [4.78, 5) is 29.4. The highest BCUT2D eigenvalue weighted by molar-refractivity contribution is 6.10. The quantitative estimate of drug-likeness (QED) is 0.485. The van der Waals surface area contributed by atoms with E-state index in [4.69, 9.17) is 0 Å². The number of carbonyl (C=O) groups is 2. The van der Waals surface area contributed by atoms with Crippen molar-refractivity contribution in [2.45, 2.75) is 38.9 Å². The van der Waals surface area contributed by atoms with Crippen LogP contribution in [0.3, 0.4) is 0 Å². The number of rotatable bonds is 5. The van der Waals surface area contributed by atoms with Crippen molar-refractivity contribution in [1.29, 1.82) is 0 Å². The Morgan fingerprint density at radius 1 is 1.00 bits per heavy atom. The van der Waals surface area contributed by atoms with Crippen molar-refractivity contribution in [3.8, 4) is 0 Å². The molecule has 1 aliphatic heterocycles. The van der Waals surface area contributed by atoms with Gasteiger partial charge in [-0.25, -0.2) is 0 Å². The molecule has 2 amide bonds. The van der Waals surface area contributed by atoms with Gasteiger partial charge >= 0.3 is 6.18 Å². The Balaban J connectivity index is 1.29. The minimum atomic E-state index is -4.48. The first-order valence-electron chi connectivity index (χ1n) is 11.7. The van der Waals surface area contributed by atoms with Gasteiger partial charge in [-0.05, 0) is 78.8 Å². The summed E-state index contributed by atoms with van der Waals surface area (Å²) in [5.41, 5.74) is 4.57. The van der Waals surface area contributed by atoms with E-state index in [0.717, 1.165) is 52.8 Å². The van der Waals surface area contributed by atoms with E-state index in [9.17, 15) is 22.8 Å². The number of hydrogen-bond donors (Lipinski definition) is 2. The van der Waals surface area contributed by atoms with Gasteiger partial charge in [0.05, 0.1) is 12.1 Å². The van der Waals surface area contributed by atoms with E-state index in [2.05, 4.69) is 21.7 Å². The Morgan fingerprint density at radius 2 is 1.81 bits per heavy atom. The number of benzene rings is 3. The second kappa shape index (κ2) is 9.26. The zero-order valence-electron chi connectivity index (χ0n) is 19.6. The molecule has 3 aromatic carbocycles. The van der Waals surface area contributed by atoms with Gasteiger partial charge in [-0.2, -0.15) is 13.2 Å². The van der Waals surface area contributed by atoms with Crippen molar-refractivity contribution in [2.75, 3.05) is 5.32 Å². The Labute approximate surface area is 206 Å². The third-order valence-corrected chi connectivity index (χ3v) is 6.48. The highest BCUT2D eigenvalue weighted by Gasteiger charge is 2.32. The van der Waals surface area contributed by atoms with Gasteiger partial charge in [-0.15, -0.1) is 0 Å². The Kier molecular flexibility index (Phi) is 6.12. The maximum atomic E-state index is 13.0. The molecule has 2 aliphatic rings. The zero-order chi connectivity index (χ0) is 25.4. The fourth-order valence-corrected chi connectivity index (χ4v) is 4.24. The molecule has 8 heteroatoms. The average Bonchev–Trinajstić information content (AvgIpc) is 3.62. The molecule has 5 nitrogen and oxygen atoms in total. The molecule has 1 saturated carbocycles. The predicted molar refractivity (Wildman–Crippen MR) is 131 cm³/mol. The summed E-state index contributed by atoms with van der Waals surface area (Å²) in [6.45, 7) is 2.45. The van der Waals surface area contributed by atoms with Gasteiger partial charge in [0.1, 0.15) is 5.84 Å². The Hall–Kier alpha value is -3.94. The van der Waals surface area contributed by atoms with Crippen LogP contribution in [0.1, 0.15) is 56.6 Å². The van der Waals surface area contributed by atoms with Gasteiger partial charge in [0.2, 0.25) is 5.91 Å². The summed E-state index contributed by atoms with van der Waals surface area (Å²) in [5, 5.41) is 5.49. The first kappa shape index (κ1) is 23.8. The average molecular weight is 492 g/mol. The van der Waals surface area contributed by atoms with E-state index in [1.807, 2.05) is 25.1 Å². The van der Waals surface area contributed by atoms with Crippen LogP contribution < -0.4 is 10.6 Å². The summed E-state index contributed by atoms with van der Waals surface area (Å²) in [6, 6.07) is 15.8. The largest absolute Gasteiger partial charge is 0.416 e. The van der Waals surface area contributed by atoms with Crippen LogP contribution in [-0.2, 0) is 23.9 Å². The standard InChI is InChI=1S/C28H24F3N3O2/c1-16-5-7-19(27(36)33-23-4-2-3-22(14-23)28(29,30)31)13-20(16)11-17-6-10-24-21(12-17)15-32-25(24)34-26(35)18-8-9-18/h2-7,10,12-14,18H,8-9,11,15H2,1H3,(H,33,36)(H,32,34,35). The zero-order valence-corrected chi connectivity index (χ0v) is 19.6. The van der Waals surface area contributed by atoms with E-state index in [0.29, 0.717) is 24.4 Å². The monoisotopic (exact) mass is 491 g/mol. The predicted octanol–water partition coefficient (Wildman–Crippen LogP) is 5.64. The molecule has 0 aromatic heterocycles. The molecular weight excluding hydrogens is 467 g/mol. The maximum Gasteiger partial charge on any atom is 0.416 e. The first-order chi connectivity index (χ1) is 17.2. The molecule has 36 heavy (non-hydrogen) atoms. The summed E-state index contributed by atoms with van der Waals surface area (Å²) in [5.74, 6) is 0.283. The number of anilines is 1. The van der Waals surface area contributed by atoms with Crippen LogP contribution in [0.25, 0.3) is 0 Å². The number of halogens is 3. The van der Waals surface area contributed by atoms with Crippen LogP contribution in [-0.4, -0.2) is 17.6 Å². The second-order valence-corrected chi connectivity index (χ2v) is 9.27. The second-order valence-electron chi connectivity index (χ2n) is 9.27. The number of nitrogens with zero attached hydrogens (tertiary/aromatic N) is 1. The lowest BCUT2D eigenvalue weighted by atomic mass is 9.95. The normalized spacial score (nSPS) is 14.7. The van der Waals surface area contributed by atoms with Gasteiger partial charge in [-0.3, -0.25) is 14.6 Å². The lowest BCUT2D eigenvalue weighted by Crippen LogP contribution is -2.31. The van der Waals surface area contributed by atoms with Crippen molar-refractivity contribution < 1.29 is 22.8 Å². The fraction of sp³-hybridized carbons (Fsp3) is 0.250. The molecular formula is C28H24F3N3O2. The summed E-state index contributed by atoms with van der Waals surface area (Å²) in [6.07, 6.45) is -2.04. The minimum absolute atomic E-state index is 0.0292. The van der Waals surface area contributed by atoms with E-state index in [1.165, 1.54) is 12.1 Å². The molecule has 0 radical (unpaired) electrons. The van der Waals surface area contributed by atoms with Crippen molar-refractivity contribution in [3.05, 3.63) is 99.6 Å². The number of carbonyl (C=O) groups excluding carboxylic acids is 2. The summed E-state index contributed by atoms with van der Waals surface area (Å²) in [7, 11) is 0. The van der Waals surface area contributed by atoms with Gasteiger partial charge in [0.25, 0.3) is 5.91 Å². The number of alkyl halides is 3. The van der Waals surface area contributed by atoms with Crippen LogP contribution in [0.5, 0.6) is 0 Å². The highest BCUT2D eigenvalue weighted by atomic mass is 19.4. The summed E-state index contributed by atoms with van der Waals surface area (Å²) < 4.78 is 39.0. The number of amidine groups is 1. The molecule has 1 heterocycles. The lowest BCUT2D eigenvalue weighted by Gasteiger charge is -2.12. The van der Waals surface area contributed by atoms with E-state index in [-0.39, 0.29) is 17.5 Å². The first-order valence-corrected chi connectivity index (χ1v) is 11.7. The molecule has 0 unspecified atom stereocenters. The van der Waals surface area contributed by atoms with Gasteiger partial charge < -0.3 is 10.6 Å². The smallest absolute Gasteiger partial charge is 0.322 e. The molecule has 0 atom stereocenters. The third-order valence-electron chi connectivity index (χ3n) is 6.48. The van der Waals surface area contributed by atoms with E-state index in [1.54, 1.807) is 12.1 Å². The van der Waals surface area contributed by atoms with Crippen molar-refractivity contribution >= 4 is 23.3 Å². The third kappa shape index (κ3) is 5.17. The van der Waals surface area contributed by atoms with Crippen molar-refractivity contribution in [1.82, 2.24) is 5.32 Å². The molecule has 0 bridgehead atoms. The molecule has 2 N–H and O–H groups in total. The van der Waals surface area contributed by atoms with E-state index < -0.39 is 17.6 Å². The maximum absolute atomic E-state index is 13.0. The van der Waals surface area contributed by atoms with Gasteiger partial charge in [0.15, 0.2) is 0 Å². The molecule has 0 saturated heterocycles. The van der Waals surface area contributed by atoms with Gasteiger partial charge in [0, 0.05) is 22.7 Å². The van der Waals surface area contributed by atoms with Crippen LogP contribution in [0.4, 0.5) is 18.9 Å². The molecule has 0 spiro atoms. The fourth-order valence-electron chi connectivity index (χ4n) is 4.24. The van der Waals surface area contributed by atoms with Crippen molar-refractivity contribution in [3.63, 3.8) is 0 Å². The molecule has 1 fully saturated rings. The molecule has 3 aromatic rings.